The maximum absolute atomic E-state index is 11.4. The molecule has 0 radical (unpaired) electrons. The third-order valence-corrected chi connectivity index (χ3v) is 2.78. The number of Topliss-reactive ketones (excluding diaryl/α,β-unsaturated/α-hetero) is 1. The molecule has 0 saturated heterocycles. The summed E-state index contributed by atoms with van der Waals surface area (Å²) in [5.41, 5.74) is 1.82. The minimum atomic E-state index is -0.432. The van der Waals surface area contributed by atoms with E-state index in [2.05, 4.69) is 25.1 Å². The van der Waals surface area contributed by atoms with Crippen molar-refractivity contribution in [3.63, 3.8) is 0 Å². The smallest absolute Gasteiger partial charge is 0.188 e. The van der Waals surface area contributed by atoms with Crippen molar-refractivity contribution < 1.29 is 9.90 Å². The van der Waals surface area contributed by atoms with Crippen molar-refractivity contribution in [2.24, 2.45) is 0 Å². The van der Waals surface area contributed by atoms with E-state index in [0.717, 1.165) is 17.2 Å². The van der Waals surface area contributed by atoms with Crippen LogP contribution >= 0.6 is 0 Å². The second-order valence-corrected chi connectivity index (χ2v) is 3.83. The molecule has 0 heterocycles. The van der Waals surface area contributed by atoms with Gasteiger partial charge in [-0.3, -0.25) is 4.79 Å². The first kappa shape index (κ1) is 10.8. The summed E-state index contributed by atoms with van der Waals surface area (Å²) in [6.07, 6.45) is 0.980. The van der Waals surface area contributed by atoms with E-state index in [1.54, 1.807) is 6.07 Å². The maximum atomic E-state index is 11.4. The van der Waals surface area contributed by atoms with Gasteiger partial charge in [-0.25, -0.2) is 0 Å². The van der Waals surface area contributed by atoms with Crippen LogP contribution in [0, 0.1) is 0 Å². The molecule has 2 nitrogen and oxygen atoms in total. The van der Waals surface area contributed by atoms with Crippen LogP contribution in [-0.4, -0.2) is 17.5 Å². The molecule has 0 aromatic heterocycles. The number of carbonyl (C=O) groups excluding carboxylic acids is 1. The Hall–Kier alpha value is -1.67. The predicted octanol–water partition coefficient (Wildman–Crippen LogP) is 2.58. The zero-order chi connectivity index (χ0) is 11.5. The quantitative estimate of drug-likeness (QED) is 0.797. The van der Waals surface area contributed by atoms with Gasteiger partial charge in [0.2, 0.25) is 0 Å². The number of aryl methyl sites for hydroxylation is 1. The predicted molar refractivity (Wildman–Crippen MR) is 64.7 cm³/mol. The topological polar surface area (TPSA) is 37.3 Å². The van der Waals surface area contributed by atoms with Crippen molar-refractivity contribution in [2.45, 2.75) is 13.3 Å². The summed E-state index contributed by atoms with van der Waals surface area (Å²) in [5.74, 6) is -0.233. The largest absolute Gasteiger partial charge is 0.388 e. The Morgan fingerprint density at radius 2 is 1.88 bits per heavy atom. The molecule has 0 aliphatic rings. The number of aliphatic hydroxyl groups is 1. The summed E-state index contributed by atoms with van der Waals surface area (Å²) in [6, 6.07) is 11.7. The maximum Gasteiger partial charge on any atom is 0.188 e. The van der Waals surface area contributed by atoms with Gasteiger partial charge in [-0.15, -0.1) is 0 Å². The molecule has 0 spiro atoms. The molecule has 2 rings (SSSR count). The molecule has 0 aliphatic heterocycles. The van der Waals surface area contributed by atoms with Gasteiger partial charge in [-0.05, 0) is 28.8 Å². The lowest BCUT2D eigenvalue weighted by atomic mass is 10.0. The molecule has 1 N–H and O–H groups in total. The van der Waals surface area contributed by atoms with Crippen molar-refractivity contribution in [3.05, 3.63) is 47.5 Å². The summed E-state index contributed by atoms with van der Waals surface area (Å²) in [4.78, 5) is 11.4. The van der Waals surface area contributed by atoms with Crippen LogP contribution in [0.1, 0.15) is 22.8 Å². The molecule has 0 aliphatic carbocycles. The van der Waals surface area contributed by atoms with E-state index >= 15 is 0 Å². The summed E-state index contributed by atoms with van der Waals surface area (Å²) < 4.78 is 0. The highest BCUT2D eigenvalue weighted by Crippen LogP contribution is 2.18. The van der Waals surface area contributed by atoms with Gasteiger partial charge >= 0.3 is 0 Å². The fraction of sp³-hybridized carbons (Fsp3) is 0.214. The first-order valence-corrected chi connectivity index (χ1v) is 5.41. The van der Waals surface area contributed by atoms with Gasteiger partial charge in [-0.1, -0.05) is 37.3 Å². The Balaban J connectivity index is 2.54. The van der Waals surface area contributed by atoms with E-state index < -0.39 is 6.61 Å². The van der Waals surface area contributed by atoms with Crippen LogP contribution in [0.15, 0.2) is 36.4 Å². The van der Waals surface area contributed by atoms with E-state index in [9.17, 15) is 4.79 Å². The third-order valence-electron chi connectivity index (χ3n) is 2.78. The van der Waals surface area contributed by atoms with Crippen LogP contribution in [0.4, 0.5) is 0 Å². The Kier molecular flexibility index (Phi) is 3.02. The molecule has 2 aromatic rings. The molecule has 0 unspecified atom stereocenters. The second-order valence-electron chi connectivity index (χ2n) is 3.83. The highest BCUT2D eigenvalue weighted by Gasteiger charge is 2.04. The van der Waals surface area contributed by atoms with E-state index in [4.69, 9.17) is 5.11 Å². The van der Waals surface area contributed by atoms with Gasteiger partial charge in [0, 0.05) is 5.56 Å². The lowest BCUT2D eigenvalue weighted by Crippen LogP contribution is -2.03. The lowest BCUT2D eigenvalue weighted by molar-refractivity contribution is 0.0904. The van der Waals surface area contributed by atoms with Crippen LogP contribution in [0.3, 0.4) is 0 Å². The highest BCUT2D eigenvalue weighted by atomic mass is 16.3. The Morgan fingerprint density at radius 3 is 2.56 bits per heavy atom. The zero-order valence-corrected chi connectivity index (χ0v) is 9.23. The van der Waals surface area contributed by atoms with Crippen molar-refractivity contribution in [1.82, 2.24) is 0 Å². The molecule has 82 valence electrons. The molecule has 0 fully saturated rings. The molecular weight excluding hydrogens is 200 g/mol. The number of benzene rings is 2. The normalized spacial score (nSPS) is 10.6. The van der Waals surface area contributed by atoms with Gasteiger partial charge in [0.05, 0.1) is 0 Å². The monoisotopic (exact) mass is 214 g/mol. The number of ketones is 1. The van der Waals surface area contributed by atoms with Crippen LogP contribution in [0.5, 0.6) is 0 Å². The number of hydrogen-bond acceptors (Lipinski definition) is 2. The van der Waals surface area contributed by atoms with Gasteiger partial charge in [0.25, 0.3) is 0 Å². The summed E-state index contributed by atoms with van der Waals surface area (Å²) >= 11 is 0. The summed E-state index contributed by atoms with van der Waals surface area (Å²) in [7, 11) is 0. The molecule has 0 bridgehead atoms. The second kappa shape index (κ2) is 4.45. The Morgan fingerprint density at radius 1 is 1.12 bits per heavy atom. The first-order valence-electron chi connectivity index (χ1n) is 5.41. The van der Waals surface area contributed by atoms with E-state index in [-0.39, 0.29) is 5.78 Å². The standard InChI is InChI=1S/C14H14O2/c1-2-10-3-4-11-5-6-12(14(16)9-15)8-13(11)7-10/h3-8,15H,2,9H2,1H3. The minimum absolute atomic E-state index is 0.233. The number of rotatable bonds is 3. The summed E-state index contributed by atoms with van der Waals surface area (Å²) in [6.45, 7) is 1.67. The molecule has 2 heteroatoms. The van der Waals surface area contributed by atoms with Crippen LogP contribution in [-0.2, 0) is 6.42 Å². The lowest BCUT2D eigenvalue weighted by Gasteiger charge is -2.03. The Bertz CT molecular complexity index is 529. The molecule has 0 atom stereocenters. The van der Waals surface area contributed by atoms with Crippen LogP contribution in [0.25, 0.3) is 10.8 Å². The number of hydrogen-bond donors (Lipinski definition) is 1. The average Bonchev–Trinajstić information content (AvgIpc) is 2.36. The molecule has 2 aromatic carbocycles. The van der Waals surface area contributed by atoms with E-state index in [1.807, 2.05) is 12.1 Å². The number of aliphatic hydroxyl groups excluding tert-OH is 1. The fourth-order valence-corrected chi connectivity index (χ4v) is 1.78. The van der Waals surface area contributed by atoms with E-state index in [1.165, 1.54) is 5.56 Å². The van der Waals surface area contributed by atoms with Crippen molar-refractivity contribution in [1.29, 1.82) is 0 Å². The van der Waals surface area contributed by atoms with Crippen LogP contribution in [0.2, 0.25) is 0 Å². The van der Waals surface area contributed by atoms with Crippen molar-refractivity contribution in [2.75, 3.05) is 6.61 Å². The van der Waals surface area contributed by atoms with Gasteiger partial charge in [0.1, 0.15) is 6.61 Å². The Labute approximate surface area is 94.5 Å². The fourth-order valence-electron chi connectivity index (χ4n) is 1.78. The molecular formula is C14H14O2. The molecule has 0 saturated carbocycles. The van der Waals surface area contributed by atoms with Crippen molar-refractivity contribution >= 4 is 16.6 Å². The minimum Gasteiger partial charge on any atom is -0.388 e. The average molecular weight is 214 g/mol. The highest BCUT2D eigenvalue weighted by molar-refractivity contribution is 6.00. The molecule has 16 heavy (non-hydrogen) atoms. The number of fused-ring (bicyclic) bond motifs is 1. The summed E-state index contributed by atoms with van der Waals surface area (Å²) in [5, 5.41) is 11.0. The van der Waals surface area contributed by atoms with E-state index in [0.29, 0.717) is 5.56 Å². The van der Waals surface area contributed by atoms with Crippen LogP contribution < -0.4 is 0 Å². The first-order chi connectivity index (χ1) is 7.74. The third kappa shape index (κ3) is 1.97. The van der Waals surface area contributed by atoms with Gasteiger partial charge < -0.3 is 5.11 Å². The number of carbonyl (C=O) groups is 1. The SMILES string of the molecule is CCc1ccc2ccc(C(=O)CO)cc2c1. The molecule has 0 amide bonds. The van der Waals surface area contributed by atoms with Gasteiger partial charge in [-0.2, -0.15) is 0 Å². The van der Waals surface area contributed by atoms with Gasteiger partial charge in [0.15, 0.2) is 5.78 Å². The zero-order valence-electron chi connectivity index (χ0n) is 9.23. The van der Waals surface area contributed by atoms with Crippen molar-refractivity contribution in [3.8, 4) is 0 Å².